The highest BCUT2D eigenvalue weighted by molar-refractivity contribution is 5.66. The van der Waals surface area contributed by atoms with Gasteiger partial charge in [0.1, 0.15) is 6.10 Å². The lowest BCUT2D eigenvalue weighted by Gasteiger charge is -2.60. The number of carbonyl (C=O) groups is 1. The SMILES string of the molecule is CC(=O)OC1CCC2(C)C3=C(CCC2C1(C)C)C1(C)CCC(C2CCC(C(C)(C)O)OC2)C1(C)C=C3. The number of hydrogen-bond acceptors (Lipinski definition) is 4. The van der Waals surface area contributed by atoms with Crippen molar-refractivity contribution in [1.82, 2.24) is 0 Å². The Balaban J connectivity index is 1.42. The maximum absolute atomic E-state index is 11.8. The summed E-state index contributed by atoms with van der Waals surface area (Å²) in [5.74, 6) is 1.55. The lowest BCUT2D eigenvalue weighted by atomic mass is 9.45. The van der Waals surface area contributed by atoms with Crippen molar-refractivity contribution in [2.75, 3.05) is 6.61 Å². The molecule has 36 heavy (non-hydrogen) atoms. The van der Waals surface area contributed by atoms with Gasteiger partial charge in [-0.2, -0.15) is 0 Å². The van der Waals surface area contributed by atoms with Gasteiger partial charge in [-0.25, -0.2) is 0 Å². The fraction of sp³-hybridized carbons (Fsp3) is 0.844. The van der Waals surface area contributed by atoms with Crippen molar-refractivity contribution < 1.29 is 19.4 Å². The summed E-state index contributed by atoms with van der Waals surface area (Å²) in [7, 11) is 0. The minimum absolute atomic E-state index is 0.0125. The van der Waals surface area contributed by atoms with Crippen LogP contribution in [-0.2, 0) is 14.3 Å². The van der Waals surface area contributed by atoms with Crippen molar-refractivity contribution >= 4 is 5.97 Å². The van der Waals surface area contributed by atoms with E-state index in [1.165, 1.54) is 19.3 Å². The fourth-order valence-corrected chi connectivity index (χ4v) is 9.91. The van der Waals surface area contributed by atoms with E-state index in [-0.39, 0.29) is 39.8 Å². The molecule has 1 saturated heterocycles. The average molecular weight is 499 g/mol. The molecule has 1 N–H and O–H groups in total. The van der Waals surface area contributed by atoms with Gasteiger partial charge in [-0.05, 0) is 105 Å². The summed E-state index contributed by atoms with van der Waals surface area (Å²) in [5, 5.41) is 10.5. The van der Waals surface area contributed by atoms with E-state index in [0.29, 0.717) is 17.8 Å². The van der Waals surface area contributed by atoms with Gasteiger partial charge in [0.15, 0.2) is 0 Å². The standard InChI is InChI=1S/C32H50O4/c1-20(33)36-26-15-16-30(6)23-14-18-31(7)22(21-9-12-27(35-19-21)29(4,5)34)13-17-32(31,8)24(23)10-11-25(30)28(26,2)3/h14,18,21-22,25-27,34H,9-13,15-17,19H2,1-8H3. The fourth-order valence-electron chi connectivity index (χ4n) is 9.91. The Kier molecular flexibility index (Phi) is 6.20. The van der Waals surface area contributed by atoms with Crippen LogP contribution in [0.2, 0.25) is 0 Å². The highest BCUT2D eigenvalue weighted by atomic mass is 16.5. The first kappa shape index (κ1) is 26.5. The molecule has 0 bridgehead atoms. The lowest BCUT2D eigenvalue weighted by Crippen LogP contribution is -2.55. The molecule has 3 fully saturated rings. The summed E-state index contributed by atoms with van der Waals surface area (Å²) >= 11 is 0. The van der Waals surface area contributed by atoms with Crippen molar-refractivity contribution in [2.45, 2.75) is 125 Å². The first-order valence-electron chi connectivity index (χ1n) is 14.6. The molecule has 4 nitrogen and oxygen atoms in total. The number of fused-ring (bicyclic) bond motifs is 4. The molecule has 5 aliphatic rings. The summed E-state index contributed by atoms with van der Waals surface area (Å²) in [6.07, 6.45) is 14.1. The van der Waals surface area contributed by atoms with E-state index in [9.17, 15) is 9.90 Å². The molecule has 0 spiro atoms. The predicted molar refractivity (Wildman–Crippen MR) is 143 cm³/mol. The van der Waals surface area contributed by atoms with Crippen LogP contribution >= 0.6 is 0 Å². The molecule has 0 aromatic carbocycles. The summed E-state index contributed by atoms with van der Waals surface area (Å²) in [5.41, 5.74) is 3.02. The van der Waals surface area contributed by atoms with E-state index in [4.69, 9.17) is 9.47 Å². The second-order valence-corrected chi connectivity index (χ2v) is 14.8. The Morgan fingerprint density at radius 1 is 1.06 bits per heavy atom. The van der Waals surface area contributed by atoms with Gasteiger partial charge in [-0.1, -0.05) is 52.3 Å². The van der Waals surface area contributed by atoms with Crippen LogP contribution in [0.3, 0.4) is 0 Å². The molecular formula is C32H50O4. The summed E-state index contributed by atoms with van der Waals surface area (Å²) in [6, 6.07) is 0. The number of carbonyl (C=O) groups excluding carboxylic acids is 1. The van der Waals surface area contributed by atoms with E-state index >= 15 is 0 Å². The third-order valence-corrected chi connectivity index (χ3v) is 12.2. The number of esters is 1. The molecule has 8 atom stereocenters. The molecule has 4 heteroatoms. The number of aliphatic hydroxyl groups is 1. The third kappa shape index (κ3) is 3.71. The van der Waals surface area contributed by atoms with Gasteiger partial charge in [0.25, 0.3) is 0 Å². The Morgan fingerprint density at radius 2 is 1.78 bits per heavy atom. The van der Waals surface area contributed by atoms with Crippen LogP contribution in [-0.4, -0.2) is 35.5 Å². The van der Waals surface area contributed by atoms with Crippen molar-refractivity contribution in [1.29, 1.82) is 0 Å². The summed E-state index contributed by atoms with van der Waals surface area (Å²) < 4.78 is 12.1. The van der Waals surface area contributed by atoms with Crippen LogP contribution in [0, 0.1) is 39.4 Å². The van der Waals surface area contributed by atoms with E-state index in [1.807, 2.05) is 13.8 Å². The van der Waals surface area contributed by atoms with Crippen molar-refractivity contribution in [3.05, 3.63) is 23.3 Å². The molecule has 202 valence electrons. The Bertz CT molecular complexity index is 961. The summed E-state index contributed by atoms with van der Waals surface area (Å²) in [6.45, 7) is 18.4. The number of ether oxygens (including phenoxy) is 2. The predicted octanol–water partition coefficient (Wildman–Crippen LogP) is 7.01. The molecule has 5 rings (SSSR count). The second-order valence-electron chi connectivity index (χ2n) is 14.8. The van der Waals surface area contributed by atoms with Crippen molar-refractivity contribution in [3.63, 3.8) is 0 Å². The van der Waals surface area contributed by atoms with Gasteiger partial charge in [0.05, 0.1) is 18.3 Å². The number of rotatable bonds is 3. The van der Waals surface area contributed by atoms with E-state index in [0.717, 1.165) is 38.7 Å². The molecule has 8 unspecified atom stereocenters. The maximum atomic E-state index is 11.8. The van der Waals surface area contributed by atoms with Crippen molar-refractivity contribution in [3.8, 4) is 0 Å². The zero-order valence-corrected chi connectivity index (χ0v) is 24.1. The van der Waals surface area contributed by atoms with Gasteiger partial charge < -0.3 is 14.6 Å². The van der Waals surface area contributed by atoms with Crippen LogP contribution in [0.4, 0.5) is 0 Å². The molecule has 0 aromatic heterocycles. The van der Waals surface area contributed by atoms with E-state index < -0.39 is 5.60 Å². The average Bonchev–Trinajstić information content (AvgIpc) is 3.06. The van der Waals surface area contributed by atoms with Gasteiger partial charge in [0.2, 0.25) is 0 Å². The minimum atomic E-state index is -0.764. The maximum Gasteiger partial charge on any atom is 0.302 e. The largest absolute Gasteiger partial charge is 0.462 e. The number of hydrogen-bond donors (Lipinski definition) is 1. The monoisotopic (exact) mass is 498 g/mol. The highest BCUT2D eigenvalue weighted by Gasteiger charge is 2.63. The molecule has 0 aromatic rings. The Hall–Kier alpha value is -1.13. The van der Waals surface area contributed by atoms with Crippen LogP contribution in [0.1, 0.15) is 107 Å². The van der Waals surface area contributed by atoms with Gasteiger partial charge >= 0.3 is 5.97 Å². The minimum Gasteiger partial charge on any atom is -0.462 e. The molecule has 1 heterocycles. The van der Waals surface area contributed by atoms with Gasteiger partial charge in [-0.3, -0.25) is 4.79 Å². The van der Waals surface area contributed by atoms with Crippen molar-refractivity contribution in [2.24, 2.45) is 39.4 Å². The molecule has 1 aliphatic heterocycles. The van der Waals surface area contributed by atoms with Crippen LogP contribution < -0.4 is 0 Å². The molecule has 0 radical (unpaired) electrons. The Morgan fingerprint density at radius 3 is 2.39 bits per heavy atom. The first-order chi connectivity index (χ1) is 16.6. The molecular weight excluding hydrogens is 448 g/mol. The molecule has 0 amide bonds. The molecule has 4 aliphatic carbocycles. The number of allylic oxidation sites excluding steroid dienone is 4. The highest BCUT2D eigenvalue weighted by Crippen LogP contribution is 2.71. The lowest BCUT2D eigenvalue weighted by molar-refractivity contribution is -0.166. The molecule has 2 saturated carbocycles. The van der Waals surface area contributed by atoms with E-state index in [2.05, 4.69) is 46.8 Å². The smallest absolute Gasteiger partial charge is 0.302 e. The third-order valence-electron chi connectivity index (χ3n) is 12.2. The second kappa shape index (κ2) is 8.43. The zero-order valence-electron chi connectivity index (χ0n) is 24.1. The zero-order chi connectivity index (χ0) is 26.3. The van der Waals surface area contributed by atoms with Gasteiger partial charge in [0, 0.05) is 12.3 Å². The quantitative estimate of drug-likeness (QED) is 0.425. The first-order valence-corrected chi connectivity index (χ1v) is 14.6. The summed E-state index contributed by atoms with van der Waals surface area (Å²) in [4.78, 5) is 11.8. The normalized spacial score (nSPS) is 46.1. The van der Waals surface area contributed by atoms with Crippen LogP contribution in [0.5, 0.6) is 0 Å². The van der Waals surface area contributed by atoms with Crippen LogP contribution in [0.15, 0.2) is 23.3 Å². The van der Waals surface area contributed by atoms with Gasteiger partial charge in [-0.15, -0.1) is 0 Å². The topological polar surface area (TPSA) is 55.8 Å². The Labute approximate surface area is 219 Å². The van der Waals surface area contributed by atoms with E-state index in [1.54, 1.807) is 18.1 Å². The van der Waals surface area contributed by atoms with Crippen LogP contribution in [0.25, 0.3) is 0 Å².